The van der Waals surface area contributed by atoms with Crippen LogP contribution < -0.4 is 5.32 Å². The summed E-state index contributed by atoms with van der Waals surface area (Å²) in [6.07, 6.45) is 0. The summed E-state index contributed by atoms with van der Waals surface area (Å²) in [6, 6.07) is 13.6. The monoisotopic (exact) mass is 356 g/mol. The molecule has 25 heavy (non-hydrogen) atoms. The number of nitrogens with zero attached hydrogens (tertiary/aromatic N) is 1. The van der Waals surface area contributed by atoms with Gasteiger partial charge in [0.05, 0.1) is 5.56 Å². The Bertz CT molecular complexity index is 742. The molecule has 5 heteroatoms. The summed E-state index contributed by atoms with van der Waals surface area (Å²) < 4.78 is 0. The molecule has 0 radical (unpaired) electrons. The summed E-state index contributed by atoms with van der Waals surface area (Å²) in [7, 11) is 0. The summed E-state index contributed by atoms with van der Waals surface area (Å²) in [4.78, 5) is 13.6. The van der Waals surface area contributed by atoms with Crippen molar-refractivity contribution in [2.75, 3.05) is 29.9 Å². The highest BCUT2D eigenvalue weighted by molar-refractivity contribution is 7.99. The average Bonchev–Trinajstić information content (AvgIpc) is 2.62. The molecule has 0 unspecified atom stereocenters. The first-order valence-corrected chi connectivity index (χ1v) is 9.73. The van der Waals surface area contributed by atoms with E-state index in [0.717, 1.165) is 17.8 Å². The third-order valence-corrected chi connectivity index (χ3v) is 5.40. The number of aryl methyl sites for hydroxylation is 1. The molecule has 4 nitrogen and oxygen atoms in total. The largest absolute Gasteiger partial charge is 0.478 e. The Labute approximate surface area is 153 Å². The van der Waals surface area contributed by atoms with Crippen molar-refractivity contribution in [2.45, 2.75) is 20.0 Å². The van der Waals surface area contributed by atoms with Crippen LogP contribution in [0.5, 0.6) is 0 Å². The molecule has 3 rings (SSSR count). The fraction of sp³-hybridized carbons (Fsp3) is 0.350. The zero-order chi connectivity index (χ0) is 17.6. The fourth-order valence-electron chi connectivity index (χ4n) is 3.05. The second kappa shape index (κ2) is 8.41. The molecule has 0 spiro atoms. The molecule has 132 valence electrons. The third-order valence-electron chi connectivity index (χ3n) is 4.46. The van der Waals surface area contributed by atoms with E-state index in [4.69, 9.17) is 5.11 Å². The molecule has 0 aromatic heterocycles. The lowest BCUT2D eigenvalue weighted by atomic mass is 10.1. The van der Waals surface area contributed by atoms with Gasteiger partial charge in [-0.3, -0.25) is 4.90 Å². The molecule has 1 saturated heterocycles. The quantitative estimate of drug-likeness (QED) is 0.823. The molecule has 0 aliphatic carbocycles. The van der Waals surface area contributed by atoms with E-state index in [-0.39, 0.29) is 0 Å². The molecular weight excluding hydrogens is 332 g/mol. The van der Waals surface area contributed by atoms with Crippen molar-refractivity contribution in [3.05, 3.63) is 64.7 Å². The number of thioether (sulfide) groups is 1. The van der Waals surface area contributed by atoms with Crippen LogP contribution >= 0.6 is 11.8 Å². The maximum atomic E-state index is 11.1. The van der Waals surface area contributed by atoms with Crippen LogP contribution in [0.1, 0.15) is 27.0 Å². The van der Waals surface area contributed by atoms with Crippen LogP contribution in [0.3, 0.4) is 0 Å². The Balaban J connectivity index is 1.61. The van der Waals surface area contributed by atoms with Crippen LogP contribution in [0.4, 0.5) is 5.69 Å². The molecule has 2 aromatic rings. The van der Waals surface area contributed by atoms with Crippen LogP contribution in [-0.2, 0) is 13.1 Å². The van der Waals surface area contributed by atoms with Gasteiger partial charge < -0.3 is 10.4 Å². The van der Waals surface area contributed by atoms with Crippen molar-refractivity contribution in [1.29, 1.82) is 0 Å². The van der Waals surface area contributed by atoms with E-state index in [1.165, 1.54) is 35.7 Å². The second-order valence-electron chi connectivity index (χ2n) is 6.40. The van der Waals surface area contributed by atoms with Crippen molar-refractivity contribution in [3.63, 3.8) is 0 Å². The Morgan fingerprint density at radius 2 is 1.96 bits per heavy atom. The number of aromatic carboxylic acids is 1. The summed E-state index contributed by atoms with van der Waals surface area (Å²) in [5, 5.41) is 12.5. The maximum absolute atomic E-state index is 11.1. The van der Waals surface area contributed by atoms with E-state index in [2.05, 4.69) is 35.3 Å². The highest BCUT2D eigenvalue weighted by Gasteiger charge is 2.11. The zero-order valence-electron chi connectivity index (χ0n) is 14.5. The number of hydrogen-bond donors (Lipinski definition) is 2. The topological polar surface area (TPSA) is 52.6 Å². The standard InChI is InChI=1S/C20H24N2O2S/c1-15-11-17(14-22-7-9-25-10-8-22)5-6-19(15)21-13-16-3-2-4-18(12-16)20(23)24/h2-6,11-12,21H,7-10,13-14H2,1H3,(H,23,24). The number of carboxylic acids is 1. The summed E-state index contributed by atoms with van der Waals surface area (Å²) in [6.45, 7) is 6.09. The molecule has 0 amide bonds. The summed E-state index contributed by atoms with van der Waals surface area (Å²) >= 11 is 2.03. The summed E-state index contributed by atoms with van der Waals surface area (Å²) in [5.41, 5.74) is 4.96. The highest BCUT2D eigenvalue weighted by atomic mass is 32.2. The van der Waals surface area contributed by atoms with Crippen molar-refractivity contribution >= 4 is 23.4 Å². The molecule has 1 fully saturated rings. The number of anilines is 1. The van der Waals surface area contributed by atoms with Gasteiger partial charge in [0, 0.05) is 43.4 Å². The molecule has 0 saturated carbocycles. The maximum Gasteiger partial charge on any atom is 0.335 e. The van der Waals surface area contributed by atoms with Crippen molar-refractivity contribution in [3.8, 4) is 0 Å². The molecule has 2 aromatic carbocycles. The number of hydrogen-bond acceptors (Lipinski definition) is 4. The molecule has 1 aliphatic heterocycles. The minimum absolute atomic E-state index is 0.325. The number of carboxylic acid groups (broad SMARTS) is 1. The Morgan fingerprint density at radius 3 is 2.68 bits per heavy atom. The number of nitrogens with one attached hydrogen (secondary N) is 1. The van der Waals surface area contributed by atoms with Crippen molar-refractivity contribution in [2.24, 2.45) is 0 Å². The lowest BCUT2D eigenvalue weighted by molar-refractivity contribution is 0.0697. The van der Waals surface area contributed by atoms with Gasteiger partial charge in [0.15, 0.2) is 0 Å². The Morgan fingerprint density at radius 1 is 1.16 bits per heavy atom. The smallest absolute Gasteiger partial charge is 0.335 e. The lowest BCUT2D eigenvalue weighted by Gasteiger charge is -2.26. The first-order chi connectivity index (χ1) is 12.1. The summed E-state index contributed by atoms with van der Waals surface area (Å²) in [5.74, 6) is 1.57. The van der Waals surface area contributed by atoms with Gasteiger partial charge in [0.1, 0.15) is 0 Å². The minimum Gasteiger partial charge on any atom is -0.478 e. The van der Waals surface area contributed by atoms with E-state index in [0.29, 0.717) is 12.1 Å². The van der Waals surface area contributed by atoms with Gasteiger partial charge >= 0.3 is 5.97 Å². The van der Waals surface area contributed by atoms with E-state index in [1.54, 1.807) is 18.2 Å². The first-order valence-electron chi connectivity index (χ1n) is 8.57. The minimum atomic E-state index is -0.890. The molecule has 0 bridgehead atoms. The van der Waals surface area contributed by atoms with Crippen molar-refractivity contribution < 1.29 is 9.90 Å². The SMILES string of the molecule is Cc1cc(CN2CCSCC2)ccc1NCc1cccc(C(=O)O)c1. The Hall–Kier alpha value is -1.98. The Kier molecular flexibility index (Phi) is 6.00. The van der Waals surface area contributed by atoms with Crippen LogP contribution in [-0.4, -0.2) is 40.6 Å². The first kappa shape index (κ1) is 17.8. The lowest BCUT2D eigenvalue weighted by Crippen LogP contribution is -2.31. The van der Waals surface area contributed by atoms with Gasteiger partial charge in [0.25, 0.3) is 0 Å². The molecule has 0 atom stereocenters. The van der Waals surface area contributed by atoms with Crippen LogP contribution in [0.15, 0.2) is 42.5 Å². The average molecular weight is 356 g/mol. The molecule has 1 heterocycles. The van der Waals surface area contributed by atoms with Gasteiger partial charge in [-0.15, -0.1) is 0 Å². The fourth-order valence-corrected chi connectivity index (χ4v) is 4.03. The van der Waals surface area contributed by atoms with E-state index in [9.17, 15) is 4.79 Å². The number of benzene rings is 2. The molecular formula is C20H24N2O2S. The van der Waals surface area contributed by atoms with E-state index < -0.39 is 5.97 Å². The highest BCUT2D eigenvalue weighted by Crippen LogP contribution is 2.20. The van der Waals surface area contributed by atoms with Crippen LogP contribution in [0, 0.1) is 6.92 Å². The van der Waals surface area contributed by atoms with Gasteiger partial charge in [0.2, 0.25) is 0 Å². The van der Waals surface area contributed by atoms with E-state index >= 15 is 0 Å². The normalized spacial score (nSPS) is 15.1. The molecule has 1 aliphatic rings. The number of rotatable bonds is 6. The van der Waals surface area contributed by atoms with Gasteiger partial charge in [-0.1, -0.05) is 24.3 Å². The number of carbonyl (C=O) groups is 1. The molecule has 2 N–H and O–H groups in total. The predicted molar refractivity (Wildman–Crippen MR) is 105 cm³/mol. The predicted octanol–water partition coefficient (Wildman–Crippen LogP) is 3.85. The van der Waals surface area contributed by atoms with Gasteiger partial charge in [-0.05, 0) is 41.8 Å². The van der Waals surface area contributed by atoms with Crippen LogP contribution in [0.25, 0.3) is 0 Å². The zero-order valence-corrected chi connectivity index (χ0v) is 15.3. The third kappa shape index (κ3) is 5.00. The van der Waals surface area contributed by atoms with E-state index in [1.807, 2.05) is 17.8 Å². The van der Waals surface area contributed by atoms with Gasteiger partial charge in [-0.25, -0.2) is 4.79 Å². The second-order valence-corrected chi connectivity index (χ2v) is 7.62. The van der Waals surface area contributed by atoms with Gasteiger partial charge in [-0.2, -0.15) is 11.8 Å². The van der Waals surface area contributed by atoms with Crippen LogP contribution in [0.2, 0.25) is 0 Å². The van der Waals surface area contributed by atoms with Crippen molar-refractivity contribution in [1.82, 2.24) is 4.90 Å².